The fourth-order valence-electron chi connectivity index (χ4n) is 2.06. The number of halogens is 1. The molecule has 0 aliphatic rings. The Bertz CT molecular complexity index is 508. The molecule has 0 aliphatic heterocycles. The Labute approximate surface area is 126 Å². The third kappa shape index (κ3) is 4.11. The number of hydrogen-bond acceptors (Lipinski definition) is 2. The van der Waals surface area contributed by atoms with Gasteiger partial charge in [0.05, 0.1) is 0 Å². The summed E-state index contributed by atoms with van der Waals surface area (Å²) in [6.07, 6.45) is 3.01. The molecule has 0 aromatic heterocycles. The molecule has 0 unspecified atom stereocenters. The van der Waals surface area contributed by atoms with Crippen molar-refractivity contribution in [3.63, 3.8) is 0 Å². The minimum atomic E-state index is -0.507. The van der Waals surface area contributed by atoms with E-state index in [-0.39, 0.29) is 10.8 Å². The second-order valence-corrected chi connectivity index (χ2v) is 7.47. The first-order valence-corrected chi connectivity index (χ1v) is 7.06. The zero-order chi connectivity index (χ0) is 15.7. The SMILES string of the molecule is CC(C)(C)c1cc(/C=C/C(=O)Cl)cc(C(C)(C)C)c1O. The van der Waals surface area contributed by atoms with Crippen molar-refractivity contribution in [1.82, 2.24) is 0 Å². The molecule has 1 aromatic carbocycles. The van der Waals surface area contributed by atoms with Gasteiger partial charge in [-0.15, -0.1) is 0 Å². The molecule has 1 rings (SSSR count). The van der Waals surface area contributed by atoms with Crippen LogP contribution < -0.4 is 0 Å². The Kier molecular flexibility index (Phi) is 4.70. The first-order chi connectivity index (χ1) is 8.93. The maximum absolute atomic E-state index is 10.9. The minimum absolute atomic E-state index is 0.182. The van der Waals surface area contributed by atoms with Gasteiger partial charge < -0.3 is 5.11 Å². The lowest BCUT2D eigenvalue weighted by molar-refractivity contribution is -0.107. The molecular weight excluding hydrogens is 272 g/mol. The van der Waals surface area contributed by atoms with Gasteiger partial charge in [-0.05, 0) is 46.2 Å². The van der Waals surface area contributed by atoms with Crippen LogP contribution in [0.3, 0.4) is 0 Å². The number of benzene rings is 1. The number of hydrogen-bond donors (Lipinski definition) is 1. The van der Waals surface area contributed by atoms with E-state index in [0.29, 0.717) is 5.75 Å². The number of carbonyl (C=O) groups is 1. The molecule has 0 spiro atoms. The van der Waals surface area contributed by atoms with Crippen molar-refractivity contribution in [3.8, 4) is 5.75 Å². The summed E-state index contributed by atoms with van der Waals surface area (Å²) < 4.78 is 0. The molecule has 0 amide bonds. The molecule has 20 heavy (non-hydrogen) atoms. The van der Waals surface area contributed by atoms with Gasteiger partial charge in [-0.3, -0.25) is 4.79 Å². The fourth-order valence-corrected chi connectivity index (χ4v) is 2.12. The minimum Gasteiger partial charge on any atom is -0.507 e. The van der Waals surface area contributed by atoms with Gasteiger partial charge in [0.1, 0.15) is 5.75 Å². The van der Waals surface area contributed by atoms with Gasteiger partial charge in [-0.1, -0.05) is 47.6 Å². The van der Waals surface area contributed by atoms with Gasteiger partial charge in [-0.25, -0.2) is 0 Å². The molecule has 0 saturated carbocycles. The number of rotatable bonds is 2. The van der Waals surface area contributed by atoms with Crippen molar-refractivity contribution in [2.24, 2.45) is 0 Å². The smallest absolute Gasteiger partial charge is 0.245 e. The Morgan fingerprint density at radius 1 is 1.05 bits per heavy atom. The van der Waals surface area contributed by atoms with Crippen molar-refractivity contribution >= 4 is 22.9 Å². The van der Waals surface area contributed by atoms with Crippen molar-refractivity contribution in [3.05, 3.63) is 34.9 Å². The Hall–Kier alpha value is -1.28. The Balaban J connectivity index is 3.54. The lowest BCUT2D eigenvalue weighted by Crippen LogP contribution is -2.17. The summed E-state index contributed by atoms with van der Waals surface area (Å²) >= 11 is 5.34. The van der Waals surface area contributed by atoms with Gasteiger partial charge in [-0.2, -0.15) is 0 Å². The molecule has 0 aliphatic carbocycles. The first-order valence-electron chi connectivity index (χ1n) is 6.68. The van der Waals surface area contributed by atoms with Crippen molar-refractivity contribution in [2.75, 3.05) is 0 Å². The number of phenols is 1. The lowest BCUT2D eigenvalue weighted by atomic mass is 9.78. The summed E-state index contributed by atoms with van der Waals surface area (Å²) in [6.45, 7) is 12.3. The highest BCUT2D eigenvalue weighted by atomic mass is 35.5. The molecule has 3 heteroatoms. The number of carbonyl (C=O) groups excluding carboxylic acids is 1. The van der Waals surface area contributed by atoms with Gasteiger partial charge >= 0.3 is 0 Å². The third-order valence-corrected chi connectivity index (χ3v) is 3.28. The van der Waals surface area contributed by atoms with E-state index >= 15 is 0 Å². The summed E-state index contributed by atoms with van der Waals surface area (Å²) in [7, 11) is 0. The molecule has 0 fully saturated rings. The highest BCUT2D eigenvalue weighted by Crippen LogP contribution is 2.39. The fraction of sp³-hybridized carbons (Fsp3) is 0.471. The Morgan fingerprint density at radius 2 is 1.45 bits per heavy atom. The van der Waals surface area contributed by atoms with Gasteiger partial charge in [0.2, 0.25) is 5.24 Å². The summed E-state index contributed by atoms with van der Waals surface area (Å²) in [4.78, 5) is 10.9. The molecule has 110 valence electrons. The molecule has 0 radical (unpaired) electrons. The molecular formula is C17H23ClO2. The van der Waals surface area contributed by atoms with E-state index in [0.717, 1.165) is 16.7 Å². The maximum Gasteiger partial charge on any atom is 0.245 e. The average Bonchev–Trinajstić information content (AvgIpc) is 2.24. The van der Waals surface area contributed by atoms with E-state index in [2.05, 4.69) is 41.5 Å². The molecule has 2 nitrogen and oxygen atoms in total. The number of phenolic OH excluding ortho intramolecular Hbond substituents is 1. The predicted octanol–water partition coefficient (Wildman–Crippen LogP) is 4.77. The Morgan fingerprint density at radius 3 is 1.75 bits per heavy atom. The van der Waals surface area contributed by atoms with Crippen LogP contribution in [0.5, 0.6) is 5.75 Å². The lowest BCUT2D eigenvalue weighted by Gasteiger charge is -2.27. The van der Waals surface area contributed by atoms with Crippen LogP contribution in [0.2, 0.25) is 0 Å². The monoisotopic (exact) mass is 294 g/mol. The van der Waals surface area contributed by atoms with Crippen LogP contribution in [0.4, 0.5) is 0 Å². The second-order valence-electron chi connectivity index (χ2n) is 7.10. The largest absolute Gasteiger partial charge is 0.507 e. The highest BCUT2D eigenvalue weighted by Gasteiger charge is 2.26. The van der Waals surface area contributed by atoms with Crippen molar-refractivity contribution in [1.29, 1.82) is 0 Å². The van der Waals surface area contributed by atoms with Crippen LogP contribution in [-0.4, -0.2) is 10.3 Å². The number of aromatic hydroxyl groups is 1. The van der Waals surface area contributed by atoms with Crippen LogP contribution in [-0.2, 0) is 15.6 Å². The first kappa shape index (κ1) is 16.8. The summed E-state index contributed by atoms with van der Waals surface area (Å²) in [6, 6.07) is 3.81. The van der Waals surface area contributed by atoms with Crippen LogP contribution in [0.25, 0.3) is 6.08 Å². The average molecular weight is 295 g/mol. The molecule has 0 bridgehead atoms. The van der Waals surface area contributed by atoms with Crippen LogP contribution >= 0.6 is 11.6 Å². The maximum atomic E-state index is 10.9. The van der Waals surface area contributed by atoms with E-state index < -0.39 is 5.24 Å². The van der Waals surface area contributed by atoms with Crippen molar-refractivity contribution < 1.29 is 9.90 Å². The van der Waals surface area contributed by atoms with Gasteiger partial charge in [0, 0.05) is 11.1 Å². The van der Waals surface area contributed by atoms with E-state index in [9.17, 15) is 9.90 Å². The summed E-state index contributed by atoms with van der Waals surface area (Å²) in [5, 5.41) is 10.0. The molecule has 0 heterocycles. The molecule has 0 atom stereocenters. The van der Waals surface area contributed by atoms with Crippen LogP contribution in [0, 0.1) is 0 Å². The van der Waals surface area contributed by atoms with E-state index in [1.807, 2.05) is 12.1 Å². The van der Waals surface area contributed by atoms with Gasteiger partial charge in [0.15, 0.2) is 0 Å². The predicted molar refractivity (Wildman–Crippen MR) is 85.4 cm³/mol. The molecule has 0 saturated heterocycles. The molecule has 1 aromatic rings. The van der Waals surface area contributed by atoms with Crippen LogP contribution in [0.1, 0.15) is 58.2 Å². The highest BCUT2D eigenvalue weighted by molar-refractivity contribution is 6.66. The van der Waals surface area contributed by atoms with Crippen molar-refractivity contribution in [2.45, 2.75) is 52.4 Å². The zero-order valence-electron chi connectivity index (χ0n) is 13.0. The summed E-state index contributed by atoms with van der Waals surface area (Å²) in [5.41, 5.74) is 2.24. The quantitative estimate of drug-likeness (QED) is 0.630. The zero-order valence-corrected chi connectivity index (χ0v) is 13.8. The third-order valence-electron chi connectivity index (χ3n) is 3.16. The standard InChI is InChI=1S/C17H23ClO2/c1-16(2,3)12-9-11(7-8-14(18)19)10-13(15(12)20)17(4,5)6/h7-10,20H,1-6H3/b8-7+. The topological polar surface area (TPSA) is 37.3 Å². The van der Waals surface area contributed by atoms with E-state index in [4.69, 9.17) is 11.6 Å². The second kappa shape index (κ2) is 5.61. The van der Waals surface area contributed by atoms with Crippen LogP contribution in [0.15, 0.2) is 18.2 Å². The normalized spacial score (nSPS) is 12.9. The molecule has 1 N–H and O–H groups in total. The van der Waals surface area contributed by atoms with Gasteiger partial charge in [0.25, 0.3) is 0 Å². The van der Waals surface area contributed by atoms with E-state index in [1.165, 1.54) is 6.08 Å². The van der Waals surface area contributed by atoms with E-state index in [1.54, 1.807) is 6.08 Å². The number of allylic oxidation sites excluding steroid dienone is 1. The summed E-state index contributed by atoms with van der Waals surface area (Å²) in [5.74, 6) is 0.333.